The number of rotatable bonds is 9. The Morgan fingerprint density at radius 3 is 2.93 bits per heavy atom. The van der Waals surface area contributed by atoms with Crippen LogP contribution in [0, 0.1) is 11.6 Å². The van der Waals surface area contributed by atoms with E-state index in [9.17, 15) is 13.6 Å². The van der Waals surface area contributed by atoms with Crippen molar-refractivity contribution in [3.63, 3.8) is 0 Å². The number of anilines is 1. The number of carbonyl (C=O) groups is 1. The summed E-state index contributed by atoms with van der Waals surface area (Å²) >= 11 is 1.48. The van der Waals surface area contributed by atoms with Gasteiger partial charge in [-0.25, -0.2) is 8.78 Å². The third kappa shape index (κ3) is 5.41. The first kappa shape index (κ1) is 20.1. The van der Waals surface area contributed by atoms with Crippen LogP contribution in [0.2, 0.25) is 0 Å². The summed E-state index contributed by atoms with van der Waals surface area (Å²) in [6, 6.07) is 6.65. The smallest absolute Gasteiger partial charge is 0.279 e. The second-order valence-electron chi connectivity index (χ2n) is 6.00. The molecule has 0 saturated carbocycles. The number of benzene rings is 1. The van der Waals surface area contributed by atoms with E-state index in [2.05, 4.69) is 15.5 Å². The minimum absolute atomic E-state index is 0.00394. The van der Waals surface area contributed by atoms with Gasteiger partial charge in [-0.15, -0.1) is 21.5 Å². The molecule has 1 unspecified atom stereocenters. The molecule has 0 radical (unpaired) electrons. The van der Waals surface area contributed by atoms with Gasteiger partial charge in [0.2, 0.25) is 0 Å². The molecule has 0 aliphatic carbocycles. The van der Waals surface area contributed by atoms with Crippen LogP contribution < -0.4 is 10.2 Å². The van der Waals surface area contributed by atoms with Gasteiger partial charge in [0, 0.05) is 13.2 Å². The molecular weight excluding hydrogens is 390 g/mol. The van der Waals surface area contributed by atoms with E-state index in [1.807, 2.05) is 17.5 Å². The number of ether oxygens (including phenoxy) is 1. The van der Waals surface area contributed by atoms with Crippen LogP contribution in [0.4, 0.5) is 14.5 Å². The van der Waals surface area contributed by atoms with Crippen LogP contribution in [0.1, 0.15) is 5.89 Å². The predicted molar refractivity (Wildman–Crippen MR) is 98.9 cm³/mol. The third-order valence-electron chi connectivity index (χ3n) is 3.87. The largest absolute Gasteiger partial charge is 0.414 e. The molecular formula is C18H19F2N4O3S+. The summed E-state index contributed by atoms with van der Waals surface area (Å²) in [6.45, 7) is 1.19. The van der Waals surface area contributed by atoms with E-state index in [1.54, 1.807) is 7.11 Å². The lowest BCUT2D eigenvalue weighted by atomic mass is 10.3. The topological polar surface area (TPSA) is 81.7 Å². The zero-order chi connectivity index (χ0) is 19.9. The summed E-state index contributed by atoms with van der Waals surface area (Å²) in [5.41, 5.74) is -0.200. The number of halogens is 2. The number of quaternary nitrogens is 1. The number of nitrogens with zero attached hydrogens (tertiary/aromatic N) is 2. The first-order chi connectivity index (χ1) is 13.5. The molecule has 28 heavy (non-hydrogen) atoms. The van der Waals surface area contributed by atoms with Gasteiger partial charge in [0.05, 0.1) is 17.2 Å². The van der Waals surface area contributed by atoms with E-state index in [-0.39, 0.29) is 12.2 Å². The summed E-state index contributed by atoms with van der Waals surface area (Å²) in [6.07, 6.45) is 0. The molecule has 2 heterocycles. The predicted octanol–water partition coefficient (Wildman–Crippen LogP) is 1.75. The minimum Gasteiger partial charge on any atom is -0.414 e. The van der Waals surface area contributed by atoms with Crippen LogP contribution in [0.15, 0.2) is 40.1 Å². The summed E-state index contributed by atoms with van der Waals surface area (Å²) in [5, 5.41) is 12.3. The average Bonchev–Trinajstić information content (AvgIpc) is 3.34. The first-order valence-electron chi connectivity index (χ1n) is 8.49. The summed E-state index contributed by atoms with van der Waals surface area (Å²) in [7, 11) is 1.56. The summed E-state index contributed by atoms with van der Waals surface area (Å²) < 4.78 is 37.7. The van der Waals surface area contributed by atoms with E-state index in [0.717, 1.165) is 28.0 Å². The molecule has 3 aromatic rings. The van der Waals surface area contributed by atoms with E-state index in [4.69, 9.17) is 9.15 Å². The lowest BCUT2D eigenvalue weighted by molar-refractivity contribution is -0.907. The van der Waals surface area contributed by atoms with Crippen LogP contribution in [-0.2, 0) is 16.1 Å². The number of hydrogen-bond donors (Lipinski definition) is 2. The van der Waals surface area contributed by atoms with E-state index < -0.39 is 17.5 Å². The lowest BCUT2D eigenvalue weighted by Gasteiger charge is -2.17. The minimum atomic E-state index is -0.703. The van der Waals surface area contributed by atoms with Crippen molar-refractivity contribution in [1.82, 2.24) is 10.2 Å². The van der Waals surface area contributed by atoms with Gasteiger partial charge in [-0.05, 0) is 23.6 Å². The zero-order valence-electron chi connectivity index (χ0n) is 15.1. The van der Waals surface area contributed by atoms with Crippen LogP contribution >= 0.6 is 11.3 Å². The molecule has 148 valence electrons. The molecule has 1 atom stereocenters. The van der Waals surface area contributed by atoms with Gasteiger partial charge >= 0.3 is 0 Å². The maximum absolute atomic E-state index is 13.7. The molecule has 10 heteroatoms. The van der Waals surface area contributed by atoms with Gasteiger partial charge in [0.15, 0.2) is 13.1 Å². The Morgan fingerprint density at radius 2 is 2.18 bits per heavy atom. The Morgan fingerprint density at radius 1 is 1.32 bits per heavy atom. The third-order valence-corrected chi connectivity index (χ3v) is 4.73. The van der Waals surface area contributed by atoms with Crippen LogP contribution in [0.3, 0.4) is 0 Å². The van der Waals surface area contributed by atoms with Gasteiger partial charge in [0.1, 0.15) is 18.2 Å². The highest BCUT2D eigenvalue weighted by atomic mass is 32.1. The number of nitrogens with one attached hydrogen (secondary N) is 2. The molecule has 1 amide bonds. The normalized spacial score (nSPS) is 12.1. The number of aromatic nitrogens is 2. The fraction of sp³-hybridized carbons (Fsp3) is 0.278. The number of methoxy groups -OCH3 is 1. The highest BCUT2D eigenvalue weighted by Crippen LogP contribution is 2.22. The molecule has 0 aliphatic rings. The van der Waals surface area contributed by atoms with Crippen molar-refractivity contribution in [3.8, 4) is 10.8 Å². The molecule has 1 aromatic carbocycles. The number of carbonyl (C=O) groups excluding carboxylic acids is 1. The second-order valence-corrected chi connectivity index (χ2v) is 6.94. The SMILES string of the molecule is COCC[NH+](CC(=O)Nc1cc(F)ccc1F)Cc1nnc(-c2cccs2)o1. The van der Waals surface area contributed by atoms with Crippen LogP contribution in [0.25, 0.3) is 10.8 Å². The highest BCUT2D eigenvalue weighted by molar-refractivity contribution is 7.13. The molecule has 0 spiro atoms. The van der Waals surface area contributed by atoms with Crippen molar-refractivity contribution in [2.45, 2.75) is 6.54 Å². The fourth-order valence-electron chi connectivity index (χ4n) is 2.54. The Balaban J connectivity index is 1.64. The van der Waals surface area contributed by atoms with Gasteiger partial charge in [-0.1, -0.05) is 6.07 Å². The first-order valence-corrected chi connectivity index (χ1v) is 9.37. The Bertz CT molecular complexity index is 917. The van der Waals surface area contributed by atoms with Crippen LogP contribution in [-0.4, -0.2) is 42.9 Å². The second kappa shape index (κ2) is 9.49. The van der Waals surface area contributed by atoms with E-state index >= 15 is 0 Å². The highest BCUT2D eigenvalue weighted by Gasteiger charge is 2.20. The molecule has 0 saturated heterocycles. The average molecular weight is 409 g/mol. The molecule has 3 rings (SSSR count). The summed E-state index contributed by atoms with van der Waals surface area (Å²) in [5.74, 6) is -1.01. The number of amides is 1. The maximum atomic E-state index is 13.7. The lowest BCUT2D eigenvalue weighted by Crippen LogP contribution is -3.12. The molecule has 7 nitrogen and oxygen atoms in total. The zero-order valence-corrected chi connectivity index (χ0v) is 15.9. The molecule has 0 aliphatic heterocycles. The maximum Gasteiger partial charge on any atom is 0.279 e. The van der Waals surface area contributed by atoms with Crippen LogP contribution in [0.5, 0.6) is 0 Å². The van der Waals surface area contributed by atoms with Gasteiger partial charge < -0.3 is 19.4 Å². The summed E-state index contributed by atoms with van der Waals surface area (Å²) in [4.78, 5) is 13.9. The number of thiophene rings is 1. The number of hydrogen-bond acceptors (Lipinski definition) is 6. The Kier molecular flexibility index (Phi) is 6.80. The van der Waals surface area contributed by atoms with Crippen molar-refractivity contribution in [2.75, 3.05) is 32.1 Å². The Labute approximate surface area is 163 Å². The fourth-order valence-corrected chi connectivity index (χ4v) is 3.18. The Hall–Kier alpha value is -2.69. The van der Waals surface area contributed by atoms with Crippen molar-refractivity contribution in [1.29, 1.82) is 0 Å². The van der Waals surface area contributed by atoms with Gasteiger partial charge in [-0.2, -0.15) is 0 Å². The van der Waals surface area contributed by atoms with Gasteiger partial charge in [0.25, 0.3) is 17.7 Å². The van der Waals surface area contributed by atoms with Crippen molar-refractivity contribution >= 4 is 22.9 Å². The molecule has 2 aromatic heterocycles. The van der Waals surface area contributed by atoms with Crippen molar-refractivity contribution in [2.24, 2.45) is 0 Å². The van der Waals surface area contributed by atoms with E-state index in [0.29, 0.717) is 31.5 Å². The molecule has 0 fully saturated rings. The molecule has 0 bridgehead atoms. The standard InChI is InChI=1S/C18H18F2N4O3S/c1-26-7-6-24(10-16(25)21-14-9-12(19)4-5-13(14)20)11-17-22-23-18(27-17)15-3-2-8-28-15/h2-5,8-9H,6-7,10-11H2,1H3,(H,21,25)/p+1. The molecule has 2 N–H and O–H groups in total. The van der Waals surface area contributed by atoms with E-state index in [1.165, 1.54) is 11.3 Å². The monoisotopic (exact) mass is 409 g/mol. The van der Waals surface area contributed by atoms with Crippen molar-refractivity contribution in [3.05, 3.63) is 53.2 Å². The van der Waals surface area contributed by atoms with Gasteiger partial charge in [-0.3, -0.25) is 4.79 Å². The van der Waals surface area contributed by atoms with Crippen molar-refractivity contribution < 1.29 is 27.6 Å². The quantitative estimate of drug-likeness (QED) is 0.563.